The Balaban J connectivity index is 1.45. The molecule has 0 spiro atoms. The summed E-state index contributed by atoms with van der Waals surface area (Å²) in [4.78, 5) is 0. The highest BCUT2D eigenvalue weighted by atomic mass is 16.5. The summed E-state index contributed by atoms with van der Waals surface area (Å²) in [5, 5.41) is 22.5. The fourth-order valence-corrected chi connectivity index (χ4v) is 7.05. The Kier molecular flexibility index (Phi) is 4.92. The lowest BCUT2D eigenvalue weighted by Crippen LogP contribution is -2.53. The number of methoxy groups -OCH3 is 1. The summed E-state index contributed by atoms with van der Waals surface area (Å²) in [5.41, 5.74) is 3.73. The number of aliphatic hydroxyl groups excluding tert-OH is 2. The van der Waals surface area contributed by atoms with Crippen LogP contribution in [0.1, 0.15) is 54.7 Å². The third-order valence-electron chi connectivity index (χ3n) is 8.37. The maximum atomic E-state index is 11.4. The Morgan fingerprint density at radius 1 is 1.07 bits per heavy atom. The highest BCUT2D eigenvalue weighted by Crippen LogP contribution is 2.62. The molecule has 0 saturated heterocycles. The van der Waals surface area contributed by atoms with Crippen LogP contribution in [0.5, 0.6) is 5.75 Å². The summed E-state index contributed by atoms with van der Waals surface area (Å²) < 4.78 is 5.44. The molecule has 154 valence electrons. The minimum Gasteiger partial charge on any atom is -0.497 e. The van der Waals surface area contributed by atoms with Crippen molar-refractivity contribution in [2.24, 2.45) is 17.3 Å². The first-order chi connectivity index (χ1) is 14.1. The maximum absolute atomic E-state index is 11.4. The molecule has 0 radical (unpaired) electrons. The van der Waals surface area contributed by atoms with Gasteiger partial charge in [-0.15, -0.1) is 0 Å². The molecular formula is C26H32O3. The van der Waals surface area contributed by atoms with Gasteiger partial charge in [0.05, 0.1) is 19.3 Å². The third-order valence-corrected chi connectivity index (χ3v) is 8.37. The van der Waals surface area contributed by atoms with E-state index in [1.807, 2.05) is 18.2 Å². The second kappa shape index (κ2) is 7.45. The van der Waals surface area contributed by atoms with E-state index < -0.39 is 6.10 Å². The van der Waals surface area contributed by atoms with Crippen molar-refractivity contribution in [1.82, 2.24) is 0 Å². The normalized spacial score (nSPS) is 34.0. The van der Waals surface area contributed by atoms with Crippen LogP contribution in [-0.4, -0.2) is 29.5 Å². The molecule has 3 nitrogen and oxygen atoms in total. The summed E-state index contributed by atoms with van der Waals surface area (Å²) in [6.45, 7) is 0. The van der Waals surface area contributed by atoms with Crippen LogP contribution in [0.2, 0.25) is 0 Å². The molecule has 2 aromatic rings. The van der Waals surface area contributed by atoms with Crippen molar-refractivity contribution >= 4 is 0 Å². The minimum atomic E-state index is -0.481. The zero-order valence-electron chi connectivity index (χ0n) is 17.3. The van der Waals surface area contributed by atoms with E-state index in [0.717, 1.165) is 49.8 Å². The van der Waals surface area contributed by atoms with Crippen LogP contribution in [0.4, 0.5) is 0 Å². The van der Waals surface area contributed by atoms with E-state index in [2.05, 4.69) is 30.3 Å². The SMILES string of the molecule is COc1ccc2c(c1)CC[C@@H]1[C@@H]2CC[C@]2(C(O)Cc3ccccc3)C(O)CC[C@@H]12. The van der Waals surface area contributed by atoms with E-state index in [1.54, 1.807) is 7.11 Å². The van der Waals surface area contributed by atoms with Gasteiger partial charge in [0.2, 0.25) is 0 Å². The van der Waals surface area contributed by atoms with Crippen molar-refractivity contribution in [2.75, 3.05) is 7.11 Å². The monoisotopic (exact) mass is 392 g/mol. The molecule has 6 atom stereocenters. The van der Waals surface area contributed by atoms with E-state index >= 15 is 0 Å². The summed E-state index contributed by atoms with van der Waals surface area (Å²) >= 11 is 0. The molecule has 5 rings (SSSR count). The van der Waals surface area contributed by atoms with E-state index in [4.69, 9.17) is 4.74 Å². The highest BCUT2D eigenvalue weighted by Gasteiger charge is 2.60. The average Bonchev–Trinajstić information content (AvgIpc) is 3.11. The molecule has 0 heterocycles. The Labute approximate surface area is 173 Å². The van der Waals surface area contributed by atoms with Gasteiger partial charge in [0.15, 0.2) is 0 Å². The predicted octanol–water partition coefficient (Wildman–Crippen LogP) is 4.50. The van der Waals surface area contributed by atoms with Gasteiger partial charge in [0.1, 0.15) is 5.75 Å². The molecule has 0 amide bonds. The first-order valence-corrected chi connectivity index (χ1v) is 11.2. The zero-order chi connectivity index (χ0) is 20.0. The Bertz CT molecular complexity index is 864. The van der Waals surface area contributed by atoms with Crippen LogP contribution in [0, 0.1) is 17.3 Å². The topological polar surface area (TPSA) is 49.7 Å². The van der Waals surface area contributed by atoms with E-state index in [9.17, 15) is 10.2 Å². The fourth-order valence-electron chi connectivity index (χ4n) is 7.05. The largest absolute Gasteiger partial charge is 0.497 e. The highest BCUT2D eigenvalue weighted by molar-refractivity contribution is 5.41. The molecule has 0 bridgehead atoms. The quantitative estimate of drug-likeness (QED) is 0.806. The smallest absolute Gasteiger partial charge is 0.119 e. The first-order valence-electron chi connectivity index (χ1n) is 11.2. The summed E-state index contributed by atoms with van der Waals surface area (Å²) in [5.74, 6) is 2.47. The molecule has 3 heteroatoms. The van der Waals surface area contributed by atoms with Gasteiger partial charge in [-0.3, -0.25) is 0 Å². The van der Waals surface area contributed by atoms with Gasteiger partial charge in [-0.1, -0.05) is 36.4 Å². The van der Waals surface area contributed by atoms with Crippen LogP contribution in [-0.2, 0) is 12.8 Å². The number of ether oxygens (including phenoxy) is 1. The number of hydrogen-bond acceptors (Lipinski definition) is 3. The lowest BCUT2D eigenvalue weighted by molar-refractivity contribution is -0.117. The lowest BCUT2D eigenvalue weighted by Gasteiger charge is -2.53. The molecule has 2 unspecified atom stereocenters. The van der Waals surface area contributed by atoms with E-state index in [1.165, 1.54) is 11.1 Å². The Hall–Kier alpha value is -1.84. The van der Waals surface area contributed by atoms with Crippen LogP contribution >= 0.6 is 0 Å². The van der Waals surface area contributed by atoms with Gasteiger partial charge in [-0.05, 0) is 91.5 Å². The van der Waals surface area contributed by atoms with Crippen LogP contribution in [0.25, 0.3) is 0 Å². The van der Waals surface area contributed by atoms with Crippen LogP contribution in [0.15, 0.2) is 48.5 Å². The fraction of sp³-hybridized carbons (Fsp3) is 0.538. The number of aliphatic hydroxyl groups is 2. The van der Waals surface area contributed by atoms with Crippen molar-refractivity contribution in [3.8, 4) is 5.75 Å². The molecule has 3 aliphatic carbocycles. The molecule has 2 N–H and O–H groups in total. The first kappa shape index (κ1) is 19.1. The van der Waals surface area contributed by atoms with Crippen LogP contribution < -0.4 is 4.74 Å². The second-order valence-electron chi connectivity index (χ2n) is 9.43. The second-order valence-corrected chi connectivity index (χ2v) is 9.43. The molecule has 2 saturated carbocycles. The molecule has 29 heavy (non-hydrogen) atoms. The third kappa shape index (κ3) is 3.02. The van der Waals surface area contributed by atoms with E-state index in [0.29, 0.717) is 24.2 Å². The number of hydrogen-bond donors (Lipinski definition) is 2. The Morgan fingerprint density at radius 3 is 2.69 bits per heavy atom. The van der Waals surface area contributed by atoms with Crippen molar-refractivity contribution in [1.29, 1.82) is 0 Å². The lowest BCUT2D eigenvalue weighted by atomic mass is 9.52. The van der Waals surface area contributed by atoms with Crippen molar-refractivity contribution in [3.63, 3.8) is 0 Å². The predicted molar refractivity (Wildman–Crippen MR) is 114 cm³/mol. The molecule has 0 aliphatic heterocycles. The van der Waals surface area contributed by atoms with Gasteiger partial charge < -0.3 is 14.9 Å². The van der Waals surface area contributed by atoms with Gasteiger partial charge in [0, 0.05) is 5.41 Å². The number of fused-ring (bicyclic) bond motifs is 5. The van der Waals surface area contributed by atoms with E-state index in [-0.39, 0.29) is 11.5 Å². The van der Waals surface area contributed by atoms with Crippen molar-refractivity contribution in [2.45, 2.75) is 63.1 Å². The maximum Gasteiger partial charge on any atom is 0.119 e. The average molecular weight is 393 g/mol. The summed E-state index contributed by atoms with van der Waals surface area (Å²) in [6.07, 6.45) is 5.85. The van der Waals surface area contributed by atoms with Gasteiger partial charge in [0.25, 0.3) is 0 Å². The molecule has 0 aromatic heterocycles. The molecular weight excluding hydrogens is 360 g/mol. The number of benzene rings is 2. The number of rotatable bonds is 4. The summed E-state index contributed by atoms with van der Waals surface area (Å²) in [7, 11) is 1.73. The standard InChI is InChI=1S/C26H32O3/c1-29-19-8-10-20-18(16-19)7-9-22-21(20)13-14-26(23(22)11-12-24(26)27)25(28)15-17-5-3-2-4-6-17/h2-6,8,10,16,21-25,27-28H,7,9,11-15H2,1H3/t21-,22-,23+,24?,25?,26-/m1/s1. The van der Waals surface area contributed by atoms with Gasteiger partial charge in [-0.2, -0.15) is 0 Å². The van der Waals surface area contributed by atoms with Gasteiger partial charge in [-0.25, -0.2) is 0 Å². The van der Waals surface area contributed by atoms with Crippen molar-refractivity contribution in [3.05, 3.63) is 65.2 Å². The number of aryl methyl sites for hydroxylation is 1. The molecule has 3 aliphatic rings. The van der Waals surface area contributed by atoms with Crippen molar-refractivity contribution < 1.29 is 14.9 Å². The summed E-state index contributed by atoms with van der Waals surface area (Å²) in [6, 6.07) is 16.8. The van der Waals surface area contributed by atoms with Crippen LogP contribution in [0.3, 0.4) is 0 Å². The molecule has 2 fully saturated rings. The molecule has 2 aromatic carbocycles. The minimum absolute atomic E-state index is 0.346. The Morgan fingerprint density at radius 2 is 1.90 bits per heavy atom. The zero-order valence-corrected chi connectivity index (χ0v) is 17.3. The van der Waals surface area contributed by atoms with Gasteiger partial charge >= 0.3 is 0 Å².